The summed E-state index contributed by atoms with van der Waals surface area (Å²) in [6.07, 6.45) is -8.15. The molecule has 0 bridgehead atoms. The van der Waals surface area contributed by atoms with Crippen molar-refractivity contribution in [2.45, 2.75) is 25.3 Å². The Labute approximate surface area is 189 Å². The van der Waals surface area contributed by atoms with Crippen LogP contribution < -0.4 is 0 Å². The lowest BCUT2D eigenvalue weighted by atomic mass is 10.1. The lowest BCUT2D eigenvalue weighted by Gasteiger charge is -2.12. The molecule has 3 aromatic heterocycles. The Bertz CT molecular complexity index is 1380. The van der Waals surface area contributed by atoms with Crippen LogP contribution >= 0.6 is 15.9 Å². The number of pyridine rings is 1. The molecule has 0 aliphatic carbocycles. The molecule has 0 unspecified atom stereocenters. The zero-order valence-corrected chi connectivity index (χ0v) is 17.8. The molecule has 0 saturated carbocycles. The molecule has 0 aliphatic rings. The van der Waals surface area contributed by atoms with Crippen molar-refractivity contribution in [3.8, 4) is 11.5 Å². The van der Waals surface area contributed by atoms with Gasteiger partial charge in [-0.2, -0.15) is 26.3 Å². The van der Waals surface area contributed by atoms with Crippen molar-refractivity contribution in [2.75, 3.05) is 0 Å². The van der Waals surface area contributed by atoms with Gasteiger partial charge in [0.15, 0.2) is 5.69 Å². The van der Waals surface area contributed by atoms with Crippen LogP contribution in [0.15, 0.2) is 45.5 Å². The second kappa shape index (κ2) is 8.18. The highest BCUT2D eigenvalue weighted by atomic mass is 79.9. The van der Waals surface area contributed by atoms with Crippen LogP contribution in [-0.2, 0) is 19.1 Å². The standard InChI is InChI=1S/C20H10BrF6N5O/c1-28-14-2-3-15-13(17(14)20(25,26)27)5-12(6-19(22,23)24)32(15)9-16-30-31-18(33-16)10-4-11(21)8-29-7-10/h2-5,7-8H,6,9H2. The van der Waals surface area contributed by atoms with E-state index in [1.54, 1.807) is 6.07 Å². The number of halogens is 7. The second-order valence-electron chi connectivity index (χ2n) is 6.91. The molecule has 4 rings (SSSR count). The molecular weight excluding hydrogens is 520 g/mol. The largest absolute Gasteiger partial charge is 0.419 e. The van der Waals surface area contributed by atoms with E-state index in [2.05, 4.69) is 36.0 Å². The molecular formula is C20H10BrF6N5O. The minimum atomic E-state index is -4.94. The fraction of sp³-hybridized carbons (Fsp3) is 0.200. The molecule has 170 valence electrons. The summed E-state index contributed by atoms with van der Waals surface area (Å²) in [5.74, 6) is -0.0763. The van der Waals surface area contributed by atoms with Crippen LogP contribution in [0.4, 0.5) is 32.0 Å². The van der Waals surface area contributed by atoms with E-state index in [1.165, 1.54) is 18.5 Å². The smallest absolute Gasteiger partial charge is 0.408 e. The molecule has 6 nitrogen and oxygen atoms in total. The fourth-order valence-electron chi connectivity index (χ4n) is 3.41. The van der Waals surface area contributed by atoms with Crippen molar-refractivity contribution in [2.24, 2.45) is 0 Å². The normalized spacial score (nSPS) is 12.3. The summed E-state index contributed by atoms with van der Waals surface area (Å²) in [5.41, 5.74) is -2.12. The van der Waals surface area contributed by atoms with E-state index in [0.29, 0.717) is 10.0 Å². The first kappa shape index (κ1) is 22.8. The number of fused-ring (bicyclic) bond motifs is 1. The Kier molecular flexibility index (Phi) is 5.65. The Morgan fingerprint density at radius 2 is 1.82 bits per heavy atom. The number of alkyl halides is 6. The second-order valence-corrected chi connectivity index (χ2v) is 7.82. The van der Waals surface area contributed by atoms with Crippen LogP contribution in [0.1, 0.15) is 17.1 Å². The highest BCUT2D eigenvalue weighted by molar-refractivity contribution is 9.10. The van der Waals surface area contributed by atoms with Gasteiger partial charge in [-0.25, -0.2) is 4.85 Å². The van der Waals surface area contributed by atoms with Crippen LogP contribution in [-0.4, -0.2) is 25.9 Å². The summed E-state index contributed by atoms with van der Waals surface area (Å²) in [6, 6.07) is 4.54. The number of aromatic nitrogens is 4. The lowest BCUT2D eigenvalue weighted by molar-refractivity contribution is -0.135. The van der Waals surface area contributed by atoms with Crippen molar-refractivity contribution < 1.29 is 30.8 Å². The van der Waals surface area contributed by atoms with E-state index in [-0.39, 0.29) is 17.3 Å². The van der Waals surface area contributed by atoms with Crippen molar-refractivity contribution in [1.82, 2.24) is 19.7 Å². The molecule has 0 saturated heterocycles. The molecule has 4 aromatic rings. The van der Waals surface area contributed by atoms with Crippen LogP contribution in [0.25, 0.3) is 27.2 Å². The molecule has 0 amide bonds. The van der Waals surface area contributed by atoms with Crippen LogP contribution in [0, 0.1) is 6.57 Å². The zero-order valence-electron chi connectivity index (χ0n) is 16.2. The molecule has 0 fully saturated rings. The topological polar surface area (TPSA) is 61.1 Å². The van der Waals surface area contributed by atoms with E-state index in [0.717, 1.165) is 16.7 Å². The third kappa shape index (κ3) is 4.70. The summed E-state index contributed by atoms with van der Waals surface area (Å²) in [7, 11) is 0. The maximum atomic E-state index is 13.7. The van der Waals surface area contributed by atoms with E-state index < -0.39 is 47.6 Å². The van der Waals surface area contributed by atoms with Crippen LogP contribution in [0.3, 0.4) is 0 Å². The maximum Gasteiger partial charge on any atom is 0.408 e. The summed E-state index contributed by atoms with van der Waals surface area (Å²) >= 11 is 3.24. The zero-order chi connectivity index (χ0) is 24.0. The monoisotopic (exact) mass is 529 g/mol. The first-order valence-corrected chi connectivity index (χ1v) is 9.85. The Balaban J connectivity index is 1.84. The number of hydrogen-bond donors (Lipinski definition) is 0. The SMILES string of the molecule is [C-]#[N+]c1ccc2c(cc(CC(F)(F)F)n2Cc2nnc(-c3cncc(Br)c3)o2)c1C(F)(F)F. The molecule has 0 aliphatic heterocycles. The maximum absolute atomic E-state index is 13.7. The fourth-order valence-corrected chi connectivity index (χ4v) is 3.77. The van der Waals surface area contributed by atoms with Crippen LogP contribution in [0.2, 0.25) is 0 Å². The Morgan fingerprint density at radius 1 is 1.06 bits per heavy atom. The third-order valence-corrected chi connectivity index (χ3v) is 5.08. The molecule has 1 aromatic carbocycles. The minimum Gasteiger partial charge on any atom is -0.419 e. The van der Waals surface area contributed by atoms with Crippen molar-refractivity contribution in [1.29, 1.82) is 0 Å². The molecule has 33 heavy (non-hydrogen) atoms. The molecule has 3 heterocycles. The van der Waals surface area contributed by atoms with E-state index in [9.17, 15) is 26.3 Å². The van der Waals surface area contributed by atoms with Gasteiger partial charge < -0.3 is 8.98 Å². The number of benzene rings is 1. The average molecular weight is 530 g/mol. The van der Waals surface area contributed by atoms with E-state index in [1.807, 2.05) is 0 Å². The van der Waals surface area contributed by atoms with Gasteiger partial charge in [-0.15, -0.1) is 10.2 Å². The van der Waals surface area contributed by atoms with Gasteiger partial charge in [-0.1, -0.05) is 6.07 Å². The van der Waals surface area contributed by atoms with Gasteiger partial charge in [-0.05, 0) is 34.1 Å². The third-order valence-electron chi connectivity index (χ3n) is 4.65. The average Bonchev–Trinajstić information content (AvgIpc) is 3.30. The minimum absolute atomic E-state index is 0.0407. The van der Waals surface area contributed by atoms with Crippen molar-refractivity contribution in [3.63, 3.8) is 0 Å². The molecule has 0 radical (unpaired) electrons. The summed E-state index contributed by atoms with van der Waals surface area (Å²) in [5, 5.41) is 7.15. The van der Waals surface area contributed by atoms with E-state index >= 15 is 0 Å². The predicted molar refractivity (Wildman–Crippen MR) is 107 cm³/mol. The van der Waals surface area contributed by atoms with Gasteiger partial charge in [0.2, 0.25) is 11.8 Å². The first-order chi connectivity index (χ1) is 15.5. The summed E-state index contributed by atoms with van der Waals surface area (Å²) in [6.45, 7) is 6.62. The molecule has 0 N–H and O–H groups in total. The lowest BCUT2D eigenvalue weighted by Crippen LogP contribution is -2.15. The Hall–Kier alpha value is -3.40. The number of rotatable bonds is 4. The number of nitrogens with zero attached hydrogens (tertiary/aromatic N) is 5. The first-order valence-electron chi connectivity index (χ1n) is 9.06. The van der Waals surface area contributed by atoms with Gasteiger partial charge in [0.1, 0.15) is 6.54 Å². The highest BCUT2D eigenvalue weighted by Crippen LogP contribution is 2.43. The molecule has 0 spiro atoms. The van der Waals surface area contributed by atoms with Gasteiger partial charge in [0, 0.05) is 33.5 Å². The number of hydrogen-bond acceptors (Lipinski definition) is 4. The predicted octanol–water partition coefficient (Wildman–Crippen LogP) is 6.57. The van der Waals surface area contributed by atoms with Gasteiger partial charge in [-0.3, -0.25) is 4.98 Å². The summed E-state index contributed by atoms with van der Waals surface area (Å²) < 4.78 is 87.7. The molecule has 13 heteroatoms. The highest BCUT2D eigenvalue weighted by Gasteiger charge is 2.37. The van der Waals surface area contributed by atoms with Crippen molar-refractivity contribution in [3.05, 3.63) is 69.7 Å². The molecule has 0 atom stereocenters. The van der Waals surface area contributed by atoms with Gasteiger partial charge in [0.05, 0.1) is 24.1 Å². The summed E-state index contributed by atoms with van der Waals surface area (Å²) in [4.78, 5) is 6.83. The Morgan fingerprint density at radius 3 is 2.45 bits per heavy atom. The van der Waals surface area contributed by atoms with E-state index in [4.69, 9.17) is 11.0 Å². The quantitative estimate of drug-likeness (QED) is 0.221. The van der Waals surface area contributed by atoms with Gasteiger partial charge in [0.25, 0.3) is 0 Å². The van der Waals surface area contributed by atoms with Crippen LogP contribution in [0.5, 0.6) is 0 Å². The van der Waals surface area contributed by atoms with Gasteiger partial charge >= 0.3 is 12.4 Å². The van der Waals surface area contributed by atoms with Crippen molar-refractivity contribution >= 4 is 32.5 Å².